The molecule has 42 heavy (non-hydrogen) atoms. The third-order valence-electron chi connectivity index (χ3n) is 8.23. The molecular formula is C36H38O4SiZr. The Morgan fingerprint density at radius 3 is 1.19 bits per heavy atom. The molecule has 0 saturated heterocycles. The minimum atomic E-state index is -3.15. The summed E-state index contributed by atoms with van der Waals surface area (Å²) in [6.45, 7) is 7.13. The quantitative estimate of drug-likeness (QED) is 0.217. The molecule has 2 N–H and O–H groups in total. The van der Waals surface area contributed by atoms with Gasteiger partial charge in [-0.15, -0.1) is 0 Å². The number of benzene rings is 4. The van der Waals surface area contributed by atoms with Gasteiger partial charge in [0.2, 0.25) is 0 Å². The van der Waals surface area contributed by atoms with Crippen LogP contribution in [0.4, 0.5) is 0 Å². The molecule has 6 heteroatoms. The maximum absolute atomic E-state index is 10.2. The van der Waals surface area contributed by atoms with Gasteiger partial charge in [0.15, 0.2) is 0 Å². The van der Waals surface area contributed by atoms with Crippen LogP contribution < -0.4 is 0 Å². The Bertz CT molecular complexity index is 1610. The molecule has 2 unspecified atom stereocenters. The second-order valence-corrected chi connectivity index (χ2v) is 42.7. The summed E-state index contributed by atoms with van der Waals surface area (Å²) in [6, 6.07) is 34.7. The average molecular weight is 654 g/mol. The van der Waals surface area contributed by atoms with Crippen LogP contribution in [0.2, 0.25) is 9.26 Å². The van der Waals surface area contributed by atoms with Gasteiger partial charge in [-0.3, -0.25) is 0 Å². The van der Waals surface area contributed by atoms with E-state index in [1.54, 1.807) is 82.9 Å². The van der Waals surface area contributed by atoms with Gasteiger partial charge < -0.3 is 10.2 Å². The third kappa shape index (κ3) is 6.72. The van der Waals surface area contributed by atoms with Crippen molar-refractivity contribution in [1.82, 2.24) is 0 Å². The van der Waals surface area contributed by atoms with Crippen molar-refractivity contribution in [2.75, 3.05) is 0 Å². The Labute approximate surface area is 250 Å². The van der Waals surface area contributed by atoms with E-state index < -0.39 is 29.3 Å². The minimum absolute atomic E-state index is 0.331. The van der Waals surface area contributed by atoms with Gasteiger partial charge in [0, 0.05) is 0 Å². The van der Waals surface area contributed by atoms with Crippen molar-refractivity contribution in [2.24, 2.45) is 0 Å². The molecule has 0 amide bonds. The minimum Gasteiger partial charge on any atom is -0.478 e. The Balaban J connectivity index is 0.000000184. The maximum atomic E-state index is 10.2. The summed E-state index contributed by atoms with van der Waals surface area (Å²) in [5.74, 6) is -1.76. The number of carbonyl (C=O) groups is 2. The molecule has 0 spiro atoms. The van der Waals surface area contributed by atoms with Crippen LogP contribution in [0.5, 0.6) is 0 Å². The molecule has 0 aliphatic heterocycles. The normalized spacial score (nSPS) is 16.8. The fourth-order valence-corrected chi connectivity index (χ4v) is 28.1. The zero-order chi connectivity index (χ0) is 30.5. The number of hydrogen-bond acceptors (Lipinski definition) is 2. The molecule has 0 saturated carbocycles. The van der Waals surface area contributed by atoms with Crippen LogP contribution >= 0.6 is 0 Å². The van der Waals surface area contributed by atoms with Crippen LogP contribution in [-0.2, 0) is 17.4 Å². The third-order valence-corrected chi connectivity index (χ3v) is 26.1. The summed E-state index contributed by atoms with van der Waals surface area (Å²) in [5, 5.41) is 16.8. The van der Waals surface area contributed by atoms with Crippen LogP contribution in [0.25, 0.3) is 12.2 Å². The number of allylic oxidation sites excluding steroid dienone is 2. The van der Waals surface area contributed by atoms with Gasteiger partial charge in [0.25, 0.3) is 0 Å². The number of rotatable bonds is 4. The fourth-order valence-electron chi connectivity index (χ4n) is 6.80. The molecule has 0 aromatic heterocycles. The van der Waals surface area contributed by atoms with E-state index in [1.807, 2.05) is 0 Å². The molecule has 0 fully saturated rings. The van der Waals surface area contributed by atoms with Crippen LogP contribution in [0.15, 0.2) is 120 Å². The largest absolute Gasteiger partial charge is 0.478 e. The molecule has 2 aliphatic rings. The van der Waals surface area contributed by atoms with Crippen LogP contribution in [0.3, 0.4) is 0 Å². The summed E-state index contributed by atoms with van der Waals surface area (Å²) in [4.78, 5) is 20.4. The van der Waals surface area contributed by atoms with Crippen molar-refractivity contribution in [3.8, 4) is 0 Å². The number of aromatic carboxylic acids is 2. The van der Waals surface area contributed by atoms with Gasteiger partial charge in [0.1, 0.15) is 0 Å². The summed E-state index contributed by atoms with van der Waals surface area (Å²) < 4.78 is 6.68. The average Bonchev–Trinajstić information content (AvgIpc) is 3.51. The number of carboxylic acid groups (broad SMARTS) is 2. The summed E-state index contributed by atoms with van der Waals surface area (Å²) in [5.41, 5.74) is 9.89. The molecule has 2 atom stereocenters. The maximum Gasteiger partial charge on any atom is 0.335 e. The van der Waals surface area contributed by atoms with E-state index in [0.717, 1.165) is 0 Å². The molecule has 0 radical (unpaired) electrons. The summed E-state index contributed by atoms with van der Waals surface area (Å²) in [7, 11) is 0. The zero-order valence-corrected chi connectivity index (χ0v) is 28.5. The number of fused-ring (bicyclic) bond motifs is 2. The van der Waals surface area contributed by atoms with Crippen molar-refractivity contribution < 1.29 is 37.2 Å². The van der Waals surface area contributed by atoms with Gasteiger partial charge >= 0.3 is 161 Å². The zero-order valence-electron chi connectivity index (χ0n) is 24.6. The standard InChI is InChI=1S/2C10H9.2C7H6O2.2CH3.H2Si.Zr/c2*1-8-6-9-4-2-3-5-10(9)7-8;2*8-7(9)6-4-2-1-3-5-6;;;;/h2*2-7H,1H3;2*1-5H,(H,8,9);2*1H3;1H2;. The van der Waals surface area contributed by atoms with Gasteiger partial charge in [-0.1, -0.05) is 36.4 Å². The molecule has 6 rings (SSSR count). The Morgan fingerprint density at radius 2 is 0.881 bits per heavy atom. The first-order valence-electron chi connectivity index (χ1n) is 14.1. The monoisotopic (exact) mass is 652 g/mol. The molecule has 4 nitrogen and oxygen atoms in total. The van der Waals surface area contributed by atoms with Crippen molar-refractivity contribution in [3.05, 3.63) is 154 Å². The van der Waals surface area contributed by atoms with Crippen LogP contribution in [0, 0.1) is 0 Å². The summed E-state index contributed by atoms with van der Waals surface area (Å²) >= 11 is -3.15. The predicted octanol–water partition coefficient (Wildman–Crippen LogP) is 8.41. The van der Waals surface area contributed by atoms with E-state index in [1.165, 1.54) is 11.1 Å². The molecular weight excluding hydrogens is 616 g/mol. The van der Waals surface area contributed by atoms with E-state index in [9.17, 15) is 9.59 Å². The SMILES string of the molecule is CC1=Cc2ccccc2[CH]1[Zr]([CH3])([CH3])(=[SiH2])[CH]1C(C)=Cc2ccccc21.O=C(O)c1ccccc1.O=C(O)c1ccccc1. The van der Waals surface area contributed by atoms with Crippen molar-refractivity contribution >= 4 is 31.0 Å². The predicted molar refractivity (Wildman–Crippen MR) is 173 cm³/mol. The first-order chi connectivity index (χ1) is 19.9. The van der Waals surface area contributed by atoms with Gasteiger partial charge in [-0.05, 0) is 24.3 Å². The van der Waals surface area contributed by atoms with Crippen LogP contribution in [-0.4, -0.2) is 29.0 Å². The topological polar surface area (TPSA) is 74.6 Å². The second kappa shape index (κ2) is 12.7. The van der Waals surface area contributed by atoms with Crippen molar-refractivity contribution in [3.63, 3.8) is 0 Å². The van der Waals surface area contributed by atoms with Crippen molar-refractivity contribution in [2.45, 2.75) is 30.4 Å². The van der Waals surface area contributed by atoms with E-state index in [4.69, 9.17) is 10.2 Å². The van der Waals surface area contributed by atoms with E-state index in [0.29, 0.717) is 18.4 Å². The van der Waals surface area contributed by atoms with E-state index in [-0.39, 0.29) is 0 Å². The van der Waals surface area contributed by atoms with Gasteiger partial charge in [-0.2, -0.15) is 0 Å². The number of carboxylic acids is 2. The smallest absolute Gasteiger partial charge is 0.335 e. The first kappa shape index (κ1) is 31.3. The molecule has 4 aromatic carbocycles. The Kier molecular flexibility index (Phi) is 9.50. The van der Waals surface area contributed by atoms with Crippen LogP contribution in [0.1, 0.15) is 64.1 Å². The Morgan fingerprint density at radius 1 is 0.571 bits per heavy atom. The van der Waals surface area contributed by atoms with Crippen molar-refractivity contribution in [1.29, 1.82) is 0 Å². The van der Waals surface area contributed by atoms with Gasteiger partial charge in [0.05, 0.1) is 11.1 Å². The molecule has 214 valence electrons. The molecule has 0 heterocycles. The van der Waals surface area contributed by atoms with E-state index in [2.05, 4.69) is 90.7 Å². The van der Waals surface area contributed by atoms with E-state index >= 15 is 0 Å². The Hall–Kier alpha value is -3.60. The first-order valence-corrected chi connectivity index (χ1v) is 27.7. The molecule has 4 aromatic rings. The molecule has 0 bridgehead atoms. The number of hydrogen-bond donors (Lipinski definition) is 2. The summed E-state index contributed by atoms with van der Waals surface area (Å²) in [6.07, 6.45) is 4.88. The molecule has 2 aliphatic carbocycles. The fraction of sp³-hybridized carbons (Fsp3) is 0.167. The second-order valence-electron chi connectivity index (χ2n) is 12.2. The van der Waals surface area contributed by atoms with Gasteiger partial charge in [-0.25, -0.2) is 9.59 Å².